The molecule has 0 bridgehead atoms. The first-order valence-electron chi connectivity index (χ1n) is 7.03. The third-order valence-corrected chi connectivity index (χ3v) is 4.20. The number of fused-ring (bicyclic) bond motifs is 1. The highest BCUT2D eigenvalue weighted by molar-refractivity contribution is 7.10. The largest absolute Gasteiger partial charge is 0.361 e. The molecule has 3 heterocycles. The summed E-state index contributed by atoms with van der Waals surface area (Å²) in [6.45, 7) is 5.07. The van der Waals surface area contributed by atoms with Crippen molar-refractivity contribution < 1.29 is 0 Å². The number of imidazole rings is 1. The number of nitrogens with zero attached hydrogens (tertiary/aromatic N) is 3. The highest BCUT2D eigenvalue weighted by Crippen LogP contribution is 2.26. The lowest BCUT2D eigenvalue weighted by molar-refractivity contribution is 0.893. The fraction of sp³-hybridized carbons (Fsp3) is 0.357. The molecular formula is C14H18N6S. The monoisotopic (exact) mass is 302 g/mol. The molecule has 6 nitrogen and oxygen atoms in total. The average molecular weight is 302 g/mol. The topological polar surface area (TPSA) is 78.5 Å². The molecule has 110 valence electrons. The quantitative estimate of drug-likeness (QED) is 0.650. The maximum Gasteiger partial charge on any atom is 0.226 e. The van der Waals surface area contributed by atoms with Crippen LogP contribution < -0.4 is 10.6 Å². The molecule has 0 saturated heterocycles. The Morgan fingerprint density at radius 2 is 2.29 bits per heavy atom. The SMILES string of the molecule is CCCNc1nc(NC(C)c2cccs2)c2[nH]cnc2n1. The van der Waals surface area contributed by atoms with Gasteiger partial charge in [-0.25, -0.2) is 4.98 Å². The lowest BCUT2D eigenvalue weighted by Crippen LogP contribution is -2.10. The third kappa shape index (κ3) is 2.97. The average Bonchev–Trinajstić information content (AvgIpc) is 3.15. The summed E-state index contributed by atoms with van der Waals surface area (Å²) in [4.78, 5) is 17.6. The van der Waals surface area contributed by atoms with Gasteiger partial charge >= 0.3 is 0 Å². The van der Waals surface area contributed by atoms with E-state index >= 15 is 0 Å². The molecule has 1 atom stereocenters. The van der Waals surface area contributed by atoms with Crippen molar-refractivity contribution >= 4 is 34.3 Å². The number of rotatable bonds is 6. The van der Waals surface area contributed by atoms with Crippen molar-refractivity contribution in [2.24, 2.45) is 0 Å². The molecule has 0 saturated carbocycles. The summed E-state index contributed by atoms with van der Waals surface area (Å²) in [5.41, 5.74) is 1.50. The van der Waals surface area contributed by atoms with E-state index in [9.17, 15) is 0 Å². The number of thiophene rings is 1. The van der Waals surface area contributed by atoms with E-state index < -0.39 is 0 Å². The summed E-state index contributed by atoms with van der Waals surface area (Å²) in [7, 11) is 0. The van der Waals surface area contributed by atoms with E-state index in [1.165, 1.54) is 4.88 Å². The smallest absolute Gasteiger partial charge is 0.226 e. The second kappa shape index (κ2) is 6.09. The molecule has 3 N–H and O–H groups in total. The lowest BCUT2D eigenvalue weighted by atomic mass is 10.3. The molecule has 0 aromatic carbocycles. The third-order valence-electron chi connectivity index (χ3n) is 3.14. The van der Waals surface area contributed by atoms with Gasteiger partial charge in [0.05, 0.1) is 12.4 Å². The van der Waals surface area contributed by atoms with Crippen molar-refractivity contribution in [2.75, 3.05) is 17.2 Å². The van der Waals surface area contributed by atoms with Gasteiger partial charge in [-0.3, -0.25) is 0 Å². The van der Waals surface area contributed by atoms with Gasteiger partial charge in [0.15, 0.2) is 11.5 Å². The van der Waals surface area contributed by atoms with Gasteiger partial charge in [-0.15, -0.1) is 11.3 Å². The zero-order valence-electron chi connectivity index (χ0n) is 12.1. The Bertz CT molecular complexity index is 705. The molecule has 1 unspecified atom stereocenters. The van der Waals surface area contributed by atoms with Gasteiger partial charge in [-0.2, -0.15) is 9.97 Å². The van der Waals surface area contributed by atoms with Crippen LogP contribution in [0.2, 0.25) is 0 Å². The van der Waals surface area contributed by atoms with Gasteiger partial charge < -0.3 is 15.6 Å². The Morgan fingerprint density at radius 3 is 3.05 bits per heavy atom. The standard InChI is InChI=1S/C14H18N6S/c1-3-6-15-14-19-12-11(16-8-17-12)13(20-14)18-9(2)10-5-4-7-21-10/h4-5,7-9H,3,6H2,1-2H3,(H3,15,16,17,18,19,20). The molecular weight excluding hydrogens is 284 g/mol. The molecule has 3 rings (SSSR count). The molecule has 0 aliphatic heterocycles. The van der Waals surface area contributed by atoms with E-state index in [0.29, 0.717) is 11.6 Å². The van der Waals surface area contributed by atoms with Crippen molar-refractivity contribution in [3.63, 3.8) is 0 Å². The van der Waals surface area contributed by atoms with Gasteiger partial charge in [0.1, 0.15) is 5.52 Å². The molecule has 21 heavy (non-hydrogen) atoms. The first kappa shape index (κ1) is 13.8. The van der Waals surface area contributed by atoms with E-state index in [1.54, 1.807) is 17.7 Å². The molecule has 0 aliphatic carbocycles. The number of anilines is 2. The van der Waals surface area contributed by atoms with Crippen LogP contribution in [0.4, 0.5) is 11.8 Å². The second-order valence-corrected chi connectivity index (χ2v) is 5.78. The normalized spacial score (nSPS) is 12.5. The van der Waals surface area contributed by atoms with Gasteiger partial charge in [-0.05, 0) is 24.8 Å². The number of aromatic nitrogens is 4. The van der Waals surface area contributed by atoms with Crippen LogP contribution in [0.3, 0.4) is 0 Å². The summed E-state index contributed by atoms with van der Waals surface area (Å²) in [5.74, 6) is 1.38. The summed E-state index contributed by atoms with van der Waals surface area (Å²) in [5, 5.41) is 8.73. The Balaban J connectivity index is 1.90. The summed E-state index contributed by atoms with van der Waals surface area (Å²) in [6, 6.07) is 4.35. The van der Waals surface area contributed by atoms with Crippen molar-refractivity contribution in [1.82, 2.24) is 19.9 Å². The van der Waals surface area contributed by atoms with Crippen molar-refractivity contribution in [3.8, 4) is 0 Å². The Kier molecular flexibility index (Phi) is 4.01. The van der Waals surface area contributed by atoms with Crippen LogP contribution in [0.15, 0.2) is 23.8 Å². The minimum Gasteiger partial charge on any atom is -0.361 e. The molecule has 3 aromatic heterocycles. The predicted molar refractivity (Wildman–Crippen MR) is 86.8 cm³/mol. The van der Waals surface area contributed by atoms with Gasteiger partial charge in [-0.1, -0.05) is 13.0 Å². The molecule has 3 aromatic rings. The van der Waals surface area contributed by atoms with Crippen LogP contribution in [0, 0.1) is 0 Å². The van der Waals surface area contributed by atoms with Gasteiger partial charge in [0, 0.05) is 11.4 Å². The highest BCUT2D eigenvalue weighted by atomic mass is 32.1. The Labute approximate surface area is 127 Å². The van der Waals surface area contributed by atoms with Gasteiger partial charge in [0.25, 0.3) is 0 Å². The minimum absolute atomic E-state index is 0.186. The Hall–Kier alpha value is -2.15. The summed E-state index contributed by atoms with van der Waals surface area (Å²) >= 11 is 1.73. The number of aromatic amines is 1. The van der Waals surface area contributed by atoms with Crippen LogP contribution in [0.1, 0.15) is 31.2 Å². The molecule has 0 aliphatic rings. The van der Waals surface area contributed by atoms with E-state index in [4.69, 9.17) is 0 Å². The number of H-pyrrole nitrogens is 1. The van der Waals surface area contributed by atoms with E-state index in [-0.39, 0.29) is 6.04 Å². The summed E-state index contributed by atoms with van der Waals surface area (Å²) in [6.07, 6.45) is 2.67. The fourth-order valence-corrected chi connectivity index (χ4v) is 2.80. The van der Waals surface area contributed by atoms with Crippen LogP contribution in [-0.2, 0) is 0 Å². The van der Waals surface area contributed by atoms with Crippen molar-refractivity contribution in [1.29, 1.82) is 0 Å². The molecule has 0 fully saturated rings. The molecule has 7 heteroatoms. The maximum atomic E-state index is 4.56. The number of hydrogen-bond acceptors (Lipinski definition) is 6. The predicted octanol–water partition coefficient (Wildman–Crippen LogP) is 3.41. The number of hydrogen-bond donors (Lipinski definition) is 3. The van der Waals surface area contributed by atoms with Gasteiger partial charge in [0.2, 0.25) is 5.95 Å². The van der Waals surface area contributed by atoms with Crippen LogP contribution >= 0.6 is 11.3 Å². The van der Waals surface area contributed by atoms with Crippen LogP contribution in [0.5, 0.6) is 0 Å². The zero-order chi connectivity index (χ0) is 14.7. The van der Waals surface area contributed by atoms with Crippen molar-refractivity contribution in [3.05, 3.63) is 28.7 Å². The fourth-order valence-electron chi connectivity index (χ4n) is 2.07. The molecule has 0 amide bonds. The lowest BCUT2D eigenvalue weighted by Gasteiger charge is -2.14. The van der Waals surface area contributed by atoms with E-state index in [1.807, 2.05) is 0 Å². The second-order valence-electron chi connectivity index (χ2n) is 4.81. The first-order chi connectivity index (χ1) is 10.3. The first-order valence-corrected chi connectivity index (χ1v) is 7.91. The van der Waals surface area contributed by atoms with E-state index in [0.717, 1.165) is 24.3 Å². The zero-order valence-corrected chi connectivity index (χ0v) is 12.9. The summed E-state index contributed by atoms with van der Waals surface area (Å²) < 4.78 is 0. The highest BCUT2D eigenvalue weighted by Gasteiger charge is 2.13. The minimum atomic E-state index is 0.186. The maximum absolute atomic E-state index is 4.56. The van der Waals surface area contributed by atoms with Crippen LogP contribution in [0.25, 0.3) is 11.2 Å². The molecule has 0 spiro atoms. The van der Waals surface area contributed by atoms with Crippen LogP contribution in [-0.4, -0.2) is 26.5 Å². The number of nitrogens with one attached hydrogen (secondary N) is 3. The van der Waals surface area contributed by atoms with Crippen molar-refractivity contribution in [2.45, 2.75) is 26.3 Å². The van der Waals surface area contributed by atoms with E-state index in [2.05, 4.69) is 61.9 Å². The molecule has 0 radical (unpaired) electrons. The Morgan fingerprint density at radius 1 is 1.38 bits per heavy atom.